The molecule has 1 aromatic heterocycles. The van der Waals surface area contributed by atoms with E-state index in [1.54, 1.807) is 19.1 Å². The van der Waals surface area contributed by atoms with Gasteiger partial charge in [0.05, 0.1) is 22.6 Å². The topological polar surface area (TPSA) is 59.2 Å². The molecule has 0 aliphatic carbocycles. The van der Waals surface area contributed by atoms with Crippen LogP contribution in [-0.4, -0.2) is 21.4 Å². The Kier molecular flexibility index (Phi) is 4.22. The van der Waals surface area contributed by atoms with Crippen LogP contribution in [-0.2, 0) is 12.8 Å². The van der Waals surface area contributed by atoms with Gasteiger partial charge in [0, 0.05) is 6.42 Å². The lowest BCUT2D eigenvalue weighted by molar-refractivity contribution is 0.181. The molecule has 0 bridgehead atoms. The largest absolute Gasteiger partial charge is 0.393 e. The summed E-state index contributed by atoms with van der Waals surface area (Å²) in [5.74, 6) is 0.990. The summed E-state index contributed by atoms with van der Waals surface area (Å²) >= 11 is 11.8. The van der Waals surface area contributed by atoms with Crippen LogP contribution in [0.5, 0.6) is 0 Å². The first kappa shape index (κ1) is 13.3. The van der Waals surface area contributed by atoms with Crippen molar-refractivity contribution >= 4 is 23.2 Å². The van der Waals surface area contributed by atoms with Crippen LogP contribution in [0.3, 0.4) is 0 Å². The minimum atomic E-state index is -0.497. The Hall–Kier alpha value is -1.10. The molecule has 4 nitrogen and oxygen atoms in total. The van der Waals surface area contributed by atoms with Crippen molar-refractivity contribution in [1.82, 2.24) is 10.1 Å². The van der Waals surface area contributed by atoms with E-state index in [-0.39, 0.29) is 0 Å². The van der Waals surface area contributed by atoms with Crippen molar-refractivity contribution in [3.8, 4) is 0 Å². The molecule has 0 fully saturated rings. The molecular formula is C12H12Cl2N2O2. The summed E-state index contributed by atoms with van der Waals surface area (Å²) in [6.07, 6.45) is 0.373. The molecule has 0 saturated heterocycles. The van der Waals surface area contributed by atoms with Crippen molar-refractivity contribution in [2.24, 2.45) is 0 Å². The van der Waals surface area contributed by atoms with Crippen LogP contribution in [0.25, 0.3) is 0 Å². The standard InChI is InChI=1S/C12H12Cl2N2O2/c1-7(17)4-12-15-11(16-18-12)6-8-2-3-9(13)10(14)5-8/h2-3,5,7,17H,4,6H2,1H3. The number of aliphatic hydroxyl groups is 1. The Balaban J connectivity index is 2.08. The second-order valence-electron chi connectivity index (χ2n) is 4.08. The molecule has 1 atom stereocenters. The Bertz CT molecular complexity index is 541. The number of nitrogens with zero attached hydrogens (tertiary/aromatic N) is 2. The zero-order valence-electron chi connectivity index (χ0n) is 9.73. The van der Waals surface area contributed by atoms with Crippen LogP contribution in [0.4, 0.5) is 0 Å². The van der Waals surface area contributed by atoms with Gasteiger partial charge in [0.2, 0.25) is 5.89 Å². The lowest BCUT2D eigenvalue weighted by Crippen LogP contribution is -2.04. The van der Waals surface area contributed by atoms with Gasteiger partial charge in [0.15, 0.2) is 5.82 Å². The maximum atomic E-state index is 9.21. The number of benzene rings is 1. The monoisotopic (exact) mass is 286 g/mol. The van der Waals surface area contributed by atoms with E-state index in [1.807, 2.05) is 6.07 Å². The molecular weight excluding hydrogens is 275 g/mol. The highest BCUT2D eigenvalue weighted by molar-refractivity contribution is 6.42. The van der Waals surface area contributed by atoms with Crippen LogP contribution < -0.4 is 0 Å². The van der Waals surface area contributed by atoms with Crippen molar-refractivity contribution < 1.29 is 9.63 Å². The maximum absolute atomic E-state index is 9.21. The molecule has 0 radical (unpaired) electrons. The number of hydrogen-bond donors (Lipinski definition) is 1. The first-order valence-electron chi connectivity index (χ1n) is 5.48. The molecule has 6 heteroatoms. The van der Waals surface area contributed by atoms with Gasteiger partial charge < -0.3 is 9.63 Å². The van der Waals surface area contributed by atoms with Crippen LogP contribution in [0.1, 0.15) is 24.2 Å². The molecule has 0 spiro atoms. The number of halogens is 2. The SMILES string of the molecule is CC(O)Cc1nc(Cc2ccc(Cl)c(Cl)c2)no1. The summed E-state index contributed by atoms with van der Waals surface area (Å²) in [7, 11) is 0. The van der Waals surface area contributed by atoms with Gasteiger partial charge in [-0.25, -0.2) is 0 Å². The number of aromatic nitrogens is 2. The Morgan fingerprint density at radius 2 is 2.11 bits per heavy atom. The molecule has 0 amide bonds. The van der Waals surface area contributed by atoms with Gasteiger partial charge in [-0.15, -0.1) is 0 Å². The molecule has 0 aliphatic rings. The van der Waals surface area contributed by atoms with Crippen LogP contribution in [0.2, 0.25) is 10.0 Å². The summed E-state index contributed by atoms with van der Waals surface area (Å²) in [4.78, 5) is 4.18. The number of rotatable bonds is 4. The summed E-state index contributed by atoms with van der Waals surface area (Å²) in [6.45, 7) is 1.67. The van der Waals surface area contributed by atoms with Gasteiger partial charge in [-0.05, 0) is 24.6 Å². The molecule has 1 unspecified atom stereocenters. The van der Waals surface area contributed by atoms with E-state index in [0.29, 0.717) is 34.6 Å². The smallest absolute Gasteiger partial charge is 0.229 e. The average Bonchev–Trinajstić information content (AvgIpc) is 2.70. The maximum Gasteiger partial charge on any atom is 0.229 e. The van der Waals surface area contributed by atoms with E-state index in [1.165, 1.54) is 0 Å². The Morgan fingerprint density at radius 1 is 1.33 bits per heavy atom. The molecule has 1 aromatic carbocycles. The first-order valence-corrected chi connectivity index (χ1v) is 6.23. The molecule has 2 aromatic rings. The minimum absolute atomic E-state index is 0.356. The van der Waals surface area contributed by atoms with Crippen molar-refractivity contribution in [2.75, 3.05) is 0 Å². The fraction of sp³-hybridized carbons (Fsp3) is 0.333. The fourth-order valence-electron chi connectivity index (χ4n) is 1.53. The fourth-order valence-corrected chi connectivity index (χ4v) is 1.85. The highest BCUT2D eigenvalue weighted by atomic mass is 35.5. The van der Waals surface area contributed by atoms with E-state index in [2.05, 4.69) is 10.1 Å². The zero-order valence-corrected chi connectivity index (χ0v) is 11.2. The Labute approximate surface area is 115 Å². The lowest BCUT2D eigenvalue weighted by atomic mass is 10.1. The molecule has 2 rings (SSSR count). The molecule has 0 saturated carbocycles. The third-order valence-corrected chi connectivity index (χ3v) is 3.07. The quantitative estimate of drug-likeness (QED) is 0.939. The lowest BCUT2D eigenvalue weighted by Gasteiger charge is -1.99. The van der Waals surface area contributed by atoms with Crippen LogP contribution in [0, 0.1) is 0 Å². The van der Waals surface area contributed by atoms with E-state index in [0.717, 1.165) is 5.56 Å². The first-order chi connectivity index (χ1) is 8.54. The summed E-state index contributed by atoms with van der Waals surface area (Å²) in [5, 5.41) is 14.1. The average molecular weight is 287 g/mol. The highest BCUT2D eigenvalue weighted by Gasteiger charge is 2.10. The van der Waals surface area contributed by atoms with Crippen molar-refractivity contribution in [1.29, 1.82) is 0 Å². The zero-order chi connectivity index (χ0) is 13.1. The Morgan fingerprint density at radius 3 is 2.78 bits per heavy atom. The van der Waals surface area contributed by atoms with Crippen molar-refractivity contribution in [3.05, 3.63) is 45.5 Å². The van der Waals surface area contributed by atoms with Gasteiger partial charge in [-0.3, -0.25) is 0 Å². The number of aliphatic hydroxyl groups excluding tert-OH is 1. The van der Waals surface area contributed by atoms with E-state index in [9.17, 15) is 5.11 Å². The number of hydrogen-bond acceptors (Lipinski definition) is 4. The summed E-state index contributed by atoms with van der Waals surface area (Å²) < 4.78 is 5.02. The van der Waals surface area contributed by atoms with Crippen LogP contribution in [0.15, 0.2) is 22.7 Å². The van der Waals surface area contributed by atoms with Crippen LogP contribution >= 0.6 is 23.2 Å². The third kappa shape index (κ3) is 3.45. The second-order valence-corrected chi connectivity index (χ2v) is 4.90. The predicted molar refractivity (Wildman–Crippen MR) is 69.0 cm³/mol. The molecule has 1 N–H and O–H groups in total. The summed E-state index contributed by atoms with van der Waals surface area (Å²) in [6, 6.07) is 5.36. The predicted octanol–water partition coefficient (Wildman–Crippen LogP) is 2.89. The minimum Gasteiger partial charge on any atom is -0.393 e. The molecule has 1 heterocycles. The molecule has 96 valence electrons. The van der Waals surface area contributed by atoms with Gasteiger partial charge in [0.25, 0.3) is 0 Å². The van der Waals surface area contributed by atoms with Crippen molar-refractivity contribution in [2.45, 2.75) is 25.9 Å². The summed E-state index contributed by atoms with van der Waals surface area (Å²) in [5.41, 5.74) is 0.953. The second kappa shape index (κ2) is 5.69. The third-order valence-electron chi connectivity index (χ3n) is 2.33. The normalized spacial score (nSPS) is 12.7. The highest BCUT2D eigenvalue weighted by Crippen LogP contribution is 2.23. The van der Waals surface area contributed by atoms with Gasteiger partial charge in [0.1, 0.15) is 0 Å². The van der Waals surface area contributed by atoms with Crippen molar-refractivity contribution in [3.63, 3.8) is 0 Å². The molecule has 0 aliphatic heterocycles. The van der Waals surface area contributed by atoms with Gasteiger partial charge in [-0.2, -0.15) is 4.98 Å². The van der Waals surface area contributed by atoms with Gasteiger partial charge in [-0.1, -0.05) is 34.4 Å². The van der Waals surface area contributed by atoms with Gasteiger partial charge >= 0.3 is 0 Å². The van der Waals surface area contributed by atoms with E-state index in [4.69, 9.17) is 27.7 Å². The van der Waals surface area contributed by atoms with E-state index >= 15 is 0 Å². The van der Waals surface area contributed by atoms with E-state index < -0.39 is 6.10 Å². The molecule has 18 heavy (non-hydrogen) atoms.